The van der Waals surface area contributed by atoms with E-state index in [0.29, 0.717) is 16.7 Å². The van der Waals surface area contributed by atoms with Gasteiger partial charge in [0.05, 0.1) is 0 Å². The Morgan fingerprint density at radius 1 is 1.15 bits per heavy atom. The Bertz CT molecular complexity index is 991. The SMILES string of the molecule is C1CCC(NC2CCCCC2)CC1.COC1(NC(=O)I)C(=O)N2C(C(=O)O)C(CSc3nnnn3C)CSC21. The van der Waals surface area contributed by atoms with E-state index >= 15 is 0 Å². The van der Waals surface area contributed by atoms with Crippen molar-refractivity contribution in [3.63, 3.8) is 0 Å². The Morgan fingerprint density at radius 2 is 1.77 bits per heavy atom. The molecule has 4 atom stereocenters. The van der Waals surface area contributed by atoms with Crippen molar-refractivity contribution in [2.45, 2.75) is 98.6 Å². The molecule has 5 rings (SSSR count). The van der Waals surface area contributed by atoms with E-state index in [1.54, 1.807) is 7.05 Å². The second-order valence-corrected chi connectivity index (χ2v) is 13.6. The number of fused-ring (bicyclic) bond motifs is 1. The summed E-state index contributed by atoms with van der Waals surface area (Å²) in [5.41, 5.74) is -1.51. The zero-order valence-electron chi connectivity index (χ0n) is 22.4. The fourth-order valence-electron chi connectivity index (χ4n) is 5.89. The Balaban J connectivity index is 0.000000226. The van der Waals surface area contributed by atoms with Gasteiger partial charge in [-0.15, -0.1) is 16.9 Å². The van der Waals surface area contributed by atoms with E-state index in [1.807, 2.05) is 0 Å². The molecule has 0 spiro atoms. The number of methoxy groups -OCH3 is 1. The lowest BCUT2D eigenvalue weighted by Gasteiger charge is -2.59. The molecule has 2 amide bonds. The number of carboxylic acid groups (broad SMARTS) is 1. The lowest BCUT2D eigenvalue weighted by molar-refractivity contribution is -0.202. The number of amides is 2. The minimum absolute atomic E-state index is 0.301. The number of aromatic nitrogens is 4. The number of hydrogen-bond donors (Lipinski definition) is 3. The first-order valence-corrected chi connectivity index (χ1v) is 16.7. The predicted octanol–water partition coefficient (Wildman–Crippen LogP) is 3.02. The second kappa shape index (κ2) is 14.1. The summed E-state index contributed by atoms with van der Waals surface area (Å²) in [7, 11) is 3.02. The molecule has 4 unspecified atom stereocenters. The van der Waals surface area contributed by atoms with Crippen LogP contribution in [0.2, 0.25) is 0 Å². The topological polar surface area (TPSA) is 152 Å². The first-order chi connectivity index (χ1) is 18.8. The highest BCUT2D eigenvalue weighted by molar-refractivity contribution is 14.1. The van der Waals surface area contributed by atoms with Crippen LogP contribution in [-0.2, 0) is 21.4 Å². The van der Waals surface area contributed by atoms with Gasteiger partial charge in [0, 0.05) is 66.3 Å². The number of nitrogens with one attached hydrogen (secondary N) is 2. The van der Waals surface area contributed by atoms with E-state index in [1.165, 1.54) is 127 Å². The Labute approximate surface area is 251 Å². The van der Waals surface area contributed by atoms with Crippen LogP contribution in [0.25, 0.3) is 0 Å². The van der Waals surface area contributed by atoms with Gasteiger partial charge >= 0.3 is 5.97 Å². The molecule has 2 aliphatic carbocycles. The molecule has 3 N–H and O–H groups in total. The first-order valence-electron chi connectivity index (χ1n) is 13.6. The zero-order chi connectivity index (χ0) is 28.0. The van der Waals surface area contributed by atoms with Gasteiger partial charge in [-0.25, -0.2) is 9.48 Å². The van der Waals surface area contributed by atoms with Crippen LogP contribution in [0.5, 0.6) is 0 Å². The summed E-state index contributed by atoms with van der Waals surface area (Å²) in [5.74, 6) is -1.01. The number of carbonyl (C=O) groups excluding carboxylic acids is 2. The third kappa shape index (κ3) is 7.19. The molecule has 12 nitrogen and oxygen atoms in total. The quantitative estimate of drug-likeness (QED) is 0.0920. The van der Waals surface area contributed by atoms with Crippen molar-refractivity contribution in [1.29, 1.82) is 0 Å². The van der Waals surface area contributed by atoms with Gasteiger partial charge in [0.25, 0.3) is 15.5 Å². The molecule has 1 aromatic rings. The third-order valence-corrected chi connectivity index (χ3v) is 10.9. The van der Waals surface area contributed by atoms with Crippen molar-refractivity contribution in [3.8, 4) is 0 Å². The summed E-state index contributed by atoms with van der Waals surface area (Å²) in [5, 5.41) is 27.2. The number of hydrogen-bond acceptors (Lipinski definition) is 10. The van der Waals surface area contributed by atoms with E-state index in [-0.39, 0.29) is 5.92 Å². The van der Waals surface area contributed by atoms with Crippen LogP contribution in [0.1, 0.15) is 64.2 Å². The van der Waals surface area contributed by atoms with Crippen molar-refractivity contribution in [1.82, 2.24) is 35.7 Å². The maximum Gasteiger partial charge on any atom is 0.326 e. The third-order valence-electron chi connectivity index (χ3n) is 7.92. The highest BCUT2D eigenvalue weighted by atomic mass is 127. The number of thioether (sulfide) groups is 2. The summed E-state index contributed by atoms with van der Waals surface area (Å²) < 4.78 is 6.34. The normalized spacial score (nSPS) is 29.6. The lowest BCUT2D eigenvalue weighted by Crippen LogP contribution is -2.84. The van der Waals surface area contributed by atoms with Crippen molar-refractivity contribution in [2.75, 3.05) is 18.6 Å². The van der Waals surface area contributed by atoms with Gasteiger partial charge in [0.1, 0.15) is 11.4 Å². The molecule has 4 aliphatic rings. The molecule has 0 radical (unpaired) electrons. The van der Waals surface area contributed by atoms with E-state index in [0.717, 1.165) is 12.1 Å². The standard InChI is InChI=1S/C12H15IN6O5S2.C12H23N/c1-18-11(15-16-17-18)26-4-5-3-25-9-12(24-2,14-10(13)23)8(22)19(9)6(5)7(20)21;1-3-7-11(8-4-1)13-12-9-5-2-6-10-12/h5-6,9H,3-4H2,1-2H3,(H,14,23)(H,20,21);11-13H,1-10H2. The average molecular weight is 696 g/mol. The van der Waals surface area contributed by atoms with E-state index in [2.05, 4.69) is 26.2 Å². The van der Waals surface area contributed by atoms with Crippen LogP contribution >= 0.6 is 46.1 Å². The van der Waals surface area contributed by atoms with E-state index < -0.39 is 32.9 Å². The lowest BCUT2D eigenvalue weighted by atomic mass is 9.91. The van der Waals surface area contributed by atoms with Gasteiger partial charge in [-0.1, -0.05) is 50.3 Å². The van der Waals surface area contributed by atoms with Crippen LogP contribution in [0.4, 0.5) is 4.79 Å². The maximum absolute atomic E-state index is 12.7. The number of aryl methyl sites for hydroxylation is 1. The van der Waals surface area contributed by atoms with Crippen molar-refractivity contribution >= 4 is 61.9 Å². The Hall–Kier alpha value is -1.17. The summed E-state index contributed by atoms with van der Waals surface area (Å²) in [6.07, 6.45) is 14.6. The predicted molar refractivity (Wildman–Crippen MR) is 157 cm³/mol. The molecule has 2 saturated heterocycles. The second-order valence-electron chi connectivity index (χ2n) is 10.5. The molecule has 0 aromatic carbocycles. The van der Waals surface area contributed by atoms with Gasteiger partial charge in [0.15, 0.2) is 0 Å². The Morgan fingerprint density at radius 3 is 2.26 bits per heavy atom. The van der Waals surface area contributed by atoms with Gasteiger partial charge < -0.3 is 25.4 Å². The molecule has 218 valence electrons. The molecule has 4 fully saturated rings. The summed E-state index contributed by atoms with van der Waals surface area (Å²) >= 11 is 4.24. The number of β-lactam (4-membered cyclic amide) rings is 1. The van der Waals surface area contributed by atoms with Gasteiger partial charge in [-0.05, 0) is 36.1 Å². The van der Waals surface area contributed by atoms with Crippen LogP contribution in [0.15, 0.2) is 5.16 Å². The molecule has 0 bridgehead atoms. The number of carboxylic acids is 1. The minimum atomic E-state index is -1.51. The molecule has 39 heavy (non-hydrogen) atoms. The number of nitrogens with zero attached hydrogens (tertiary/aromatic N) is 5. The minimum Gasteiger partial charge on any atom is -0.480 e. The zero-order valence-corrected chi connectivity index (χ0v) is 26.2. The van der Waals surface area contributed by atoms with Crippen molar-refractivity contribution in [3.05, 3.63) is 0 Å². The number of ether oxygens (including phenoxy) is 1. The smallest absolute Gasteiger partial charge is 0.326 e. The summed E-state index contributed by atoms with van der Waals surface area (Å²) in [6.45, 7) is 0. The molecule has 1 aromatic heterocycles. The highest BCUT2D eigenvalue weighted by Crippen LogP contribution is 2.47. The van der Waals surface area contributed by atoms with Crippen LogP contribution in [0, 0.1) is 5.92 Å². The first kappa shape index (κ1) is 30.8. The van der Waals surface area contributed by atoms with E-state index in [4.69, 9.17) is 4.74 Å². The summed E-state index contributed by atoms with van der Waals surface area (Å²) in [4.78, 5) is 37.3. The number of rotatable bonds is 8. The molecule has 3 heterocycles. The van der Waals surface area contributed by atoms with Crippen molar-refractivity contribution in [2.24, 2.45) is 13.0 Å². The largest absolute Gasteiger partial charge is 0.480 e. The number of halogens is 1. The average Bonchev–Trinajstić information content (AvgIpc) is 3.35. The monoisotopic (exact) mass is 695 g/mol. The van der Waals surface area contributed by atoms with E-state index in [9.17, 15) is 19.5 Å². The molecular weight excluding hydrogens is 657 g/mol. The van der Waals surface area contributed by atoms with Crippen LogP contribution in [-0.4, -0.2) is 93.8 Å². The Kier molecular flexibility index (Phi) is 11.2. The molecule has 2 saturated carbocycles. The number of aliphatic carboxylic acids is 1. The van der Waals surface area contributed by atoms with Crippen LogP contribution in [0.3, 0.4) is 0 Å². The summed E-state index contributed by atoms with van der Waals surface area (Å²) in [6, 6.07) is 0.741. The molecule has 15 heteroatoms. The van der Waals surface area contributed by atoms with Crippen molar-refractivity contribution < 1.29 is 24.2 Å². The van der Waals surface area contributed by atoms with Crippen LogP contribution < -0.4 is 10.6 Å². The fraction of sp³-hybridized carbons (Fsp3) is 0.833. The maximum atomic E-state index is 12.7. The fourth-order valence-corrected chi connectivity index (χ4v) is 9.03. The highest BCUT2D eigenvalue weighted by Gasteiger charge is 2.68. The number of tetrazole rings is 1. The van der Waals surface area contributed by atoms with Gasteiger partial charge in [-0.3, -0.25) is 9.59 Å². The number of carbonyl (C=O) groups is 3. The molecule has 2 aliphatic heterocycles. The van der Waals surface area contributed by atoms with Gasteiger partial charge in [-0.2, -0.15) is 0 Å². The van der Waals surface area contributed by atoms with Gasteiger partial charge in [0.2, 0.25) is 5.16 Å². The molecular formula is C24H38IN7O5S2.